The van der Waals surface area contributed by atoms with Gasteiger partial charge in [0.25, 0.3) is 0 Å². The number of carbonyl (C=O) groups excluding carboxylic acids is 1. The van der Waals surface area contributed by atoms with Crippen molar-refractivity contribution in [2.24, 2.45) is 0 Å². The fourth-order valence-electron chi connectivity index (χ4n) is 1.67. The molecule has 0 bridgehead atoms. The number of nitrogens with two attached hydrogens (primary N) is 1. The van der Waals surface area contributed by atoms with Crippen LogP contribution in [0.2, 0.25) is 0 Å². The molecule has 1 aromatic heterocycles. The second kappa shape index (κ2) is 6.24. The van der Waals surface area contributed by atoms with Gasteiger partial charge in [-0.1, -0.05) is 6.92 Å². The van der Waals surface area contributed by atoms with E-state index in [0.717, 1.165) is 11.8 Å². The first-order valence-electron chi connectivity index (χ1n) is 6.24. The zero-order valence-electron chi connectivity index (χ0n) is 10.8. The Hall–Kier alpha value is -2.01. The average molecular weight is 263 g/mol. The zero-order valence-corrected chi connectivity index (χ0v) is 10.8. The van der Waals surface area contributed by atoms with Gasteiger partial charge in [-0.25, -0.2) is 4.79 Å². The highest BCUT2D eigenvalue weighted by Gasteiger charge is 2.13. The van der Waals surface area contributed by atoms with Gasteiger partial charge < -0.3 is 19.6 Å². The van der Waals surface area contributed by atoms with Gasteiger partial charge in [-0.3, -0.25) is 0 Å². The number of ether oxygens (including phenoxy) is 2. The summed E-state index contributed by atoms with van der Waals surface area (Å²) < 4.78 is 15.7. The molecule has 0 fully saturated rings. The van der Waals surface area contributed by atoms with Crippen LogP contribution in [0, 0.1) is 0 Å². The van der Waals surface area contributed by atoms with Crippen molar-refractivity contribution >= 4 is 22.6 Å². The molecule has 0 saturated carbocycles. The Kier molecular flexibility index (Phi) is 4.41. The maximum atomic E-state index is 11.7. The molecule has 0 amide bonds. The maximum absolute atomic E-state index is 11.7. The smallest absolute Gasteiger partial charge is 0.374 e. The van der Waals surface area contributed by atoms with E-state index in [4.69, 9.17) is 19.6 Å². The molecule has 0 radical (unpaired) electrons. The number of nitrogen functional groups attached to an aromatic ring is 1. The number of furan rings is 1. The molecule has 0 saturated heterocycles. The van der Waals surface area contributed by atoms with Crippen LogP contribution in [0.15, 0.2) is 28.7 Å². The van der Waals surface area contributed by atoms with Crippen LogP contribution in [0.5, 0.6) is 0 Å². The van der Waals surface area contributed by atoms with Gasteiger partial charge in [0.1, 0.15) is 12.2 Å². The fraction of sp³-hybridized carbons (Fsp3) is 0.357. The van der Waals surface area contributed by atoms with E-state index in [1.165, 1.54) is 0 Å². The SMILES string of the molecule is CCCOCCOC(=O)c1cc2cc(N)ccc2o1. The van der Waals surface area contributed by atoms with E-state index in [0.29, 0.717) is 24.5 Å². The van der Waals surface area contributed by atoms with Gasteiger partial charge in [0.15, 0.2) is 0 Å². The molecular formula is C14H17NO4. The van der Waals surface area contributed by atoms with Crippen molar-refractivity contribution in [3.8, 4) is 0 Å². The number of hydrogen-bond donors (Lipinski definition) is 1. The van der Waals surface area contributed by atoms with Gasteiger partial charge in [-0.15, -0.1) is 0 Å². The van der Waals surface area contributed by atoms with Crippen molar-refractivity contribution in [2.45, 2.75) is 13.3 Å². The topological polar surface area (TPSA) is 74.7 Å². The van der Waals surface area contributed by atoms with E-state index >= 15 is 0 Å². The first-order valence-corrected chi connectivity index (χ1v) is 6.24. The Morgan fingerprint density at radius 2 is 2.11 bits per heavy atom. The van der Waals surface area contributed by atoms with Crippen molar-refractivity contribution < 1.29 is 18.7 Å². The van der Waals surface area contributed by atoms with E-state index in [2.05, 4.69) is 0 Å². The van der Waals surface area contributed by atoms with Gasteiger partial charge in [-0.05, 0) is 30.7 Å². The van der Waals surface area contributed by atoms with Crippen LogP contribution in [-0.2, 0) is 9.47 Å². The second-order valence-corrected chi connectivity index (χ2v) is 4.16. The minimum absolute atomic E-state index is 0.177. The summed E-state index contributed by atoms with van der Waals surface area (Å²) in [6.07, 6.45) is 0.943. The predicted octanol–water partition coefficient (Wildman–Crippen LogP) is 2.60. The van der Waals surface area contributed by atoms with Gasteiger partial charge in [-0.2, -0.15) is 0 Å². The summed E-state index contributed by atoms with van der Waals surface area (Å²) in [5, 5.41) is 0.786. The van der Waals surface area contributed by atoms with Gasteiger partial charge in [0.2, 0.25) is 5.76 Å². The van der Waals surface area contributed by atoms with Crippen molar-refractivity contribution in [1.82, 2.24) is 0 Å². The molecule has 0 spiro atoms. The highest BCUT2D eigenvalue weighted by atomic mass is 16.6. The number of rotatable bonds is 6. The average Bonchev–Trinajstić information content (AvgIpc) is 2.81. The highest BCUT2D eigenvalue weighted by molar-refractivity contribution is 5.93. The predicted molar refractivity (Wildman–Crippen MR) is 72.0 cm³/mol. The summed E-state index contributed by atoms with van der Waals surface area (Å²) >= 11 is 0. The van der Waals surface area contributed by atoms with Crippen LogP contribution in [0.3, 0.4) is 0 Å². The summed E-state index contributed by atoms with van der Waals surface area (Å²) in [6, 6.07) is 6.83. The Morgan fingerprint density at radius 3 is 2.89 bits per heavy atom. The second-order valence-electron chi connectivity index (χ2n) is 4.16. The summed E-state index contributed by atoms with van der Waals surface area (Å²) in [7, 11) is 0. The van der Waals surface area contributed by atoms with Crippen LogP contribution in [0.1, 0.15) is 23.9 Å². The number of esters is 1. The third kappa shape index (κ3) is 3.48. The molecule has 2 aromatic rings. The lowest BCUT2D eigenvalue weighted by Gasteiger charge is -2.03. The monoisotopic (exact) mass is 263 g/mol. The Labute approximate surface area is 111 Å². The number of anilines is 1. The molecule has 1 aromatic carbocycles. The van der Waals surface area contributed by atoms with Crippen molar-refractivity contribution in [3.05, 3.63) is 30.0 Å². The van der Waals surface area contributed by atoms with Gasteiger partial charge >= 0.3 is 5.97 Å². The highest BCUT2D eigenvalue weighted by Crippen LogP contribution is 2.22. The largest absolute Gasteiger partial charge is 0.457 e. The molecule has 0 unspecified atom stereocenters. The Morgan fingerprint density at radius 1 is 1.26 bits per heavy atom. The molecule has 5 heteroatoms. The standard InChI is InChI=1S/C14H17NO4/c1-2-5-17-6-7-18-14(16)13-9-10-8-11(15)3-4-12(10)19-13/h3-4,8-9H,2,5-7,15H2,1H3. The van der Waals surface area contributed by atoms with E-state index < -0.39 is 5.97 Å². The van der Waals surface area contributed by atoms with Crippen LogP contribution < -0.4 is 5.73 Å². The van der Waals surface area contributed by atoms with Crippen molar-refractivity contribution in [2.75, 3.05) is 25.6 Å². The molecule has 0 atom stereocenters. The Bertz CT molecular complexity index is 562. The third-order valence-electron chi connectivity index (χ3n) is 2.55. The molecule has 0 aliphatic heterocycles. The van der Waals surface area contributed by atoms with Crippen molar-refractivity contribution in [1.29, 1.82) is 0 Å². The lowest BCUT2D eigenvalue weighted by molar-refractivity contribution is 0.0291. The van der Waals surface area contributed by atoms with Gasteiger partial charge in [0, 0.05) is 17.7 Å². The molecular weight excluding hydrogens is 246 g/mol. The molecule has 5 nitrogen and oxygen atoms in total. The molecule has 2 N–H and O–H groups in total. The molecule has 19 heavy (non-hydrogen) atoms. The van der Waals surface area contributed by atoms with Crippen LogP contribution in [-0.4, -0.2) is 25.8 Å². The summed E-state index contributed by atoms with van der Waals surface area (Å²) in [6.45, 7) is 3.30. The number of benzene rings is 1. The number of fused-ring (bicyclic) bond motifs is 1. The van der Waals surface area contributed by atoms with Crippen LogP contribution in [0.25, 0.3) is 11.0 Å². The molecule has 2 rings (SSSR count). The number of hydrogen-bond acceptors (Lipinski definition) is 5. The summed E-state index contributed by atoms with van der Waals surface area (Å²) in [4.78, 5) is 11.7. The fourth-order valence-corrected chi connectivity index (χ4v) is 1.67. The first-order chi connectivity index (χ1) is 9.20. The van der Waals surface area contributed by atoms with Crippen LogP contribution in [0.4, 0.5) is 5.69 Å². The first kappa shape index (κ1) is 13.4. The zero-order chi connectivity index (χ0) is 13.7. The van der Waals surface area contributed by atoms with E-state index in [1.54, 1.807) is 24.3 Å². The minimum Gasteiger partial charge on any atom is -0.457 e. The number of carbonyl (C=O) groups is 1. The summed E-state index contributed by atoms with van der Waals surface area (Å²) in [5.41, 5.74) is 6.90. The lowest BCUT2D eigenvalue weighted by Crippen LogP contribution is -2.10. The maximum Gasteiger partial charge on any atom is 0.374 e. The quantitative estimate of drug-likeness (QED) is 0.492. The third-order valence-corrected chi connectivity index (χ3v) is 2.55. The molecule has 0 aliphatic carbocycles. The molecule has 1 heterocycles. The minimum atomic E-state index is -0.491. The molecule has 0 aliphatic rings. The Balaban J connectivity index is 1.94. The van der Waals surface area contributed by atoms with E-state index in [1.807, 2.05) is 6.92 Å². The van der Waals surface area contributed by atoms with Crippen molar-refractivity contribution in [3.63, 3.8) is 0 Å². The van der Waals surface area contributed by atoms with E-state index in [-0.39, 0.29) is 12.4 Å². The van der Waals surface area contributed by atoms with Crippen LogP contribution >= 0.6 is 0 Å². The summed E-state index contributed by atoms with van der Waals surface area (Å²) in [5.74, 6) is -0.314. The normalized spacial score (nSPS) is 10.8. The van der Waals surface area contributed by atoms with E-state index in [9.17, 15) is 4.79 Å². The molecule has 102 valence electrons. The van der Waals surface area contributed by atoms with Gasteiger partial charge in [0.05, 0.1) is 6.61 Å². The lowest BCUT2D eigenvalue weighted by atomic mass is 10.2.